The number of aliphatic hydroxyl groups is 1. The van der Waals surface area contributed by atoms with E-state index in [0.29, 0.717) is 0 Å². The summed E-state index contributed by atoms with van der Waals surface area (Å²) in [5.74, 6) is 0.991. The average Bonchev–Trinajstić information content (AvgIpc) is 3.33. The van der Waals surface area contributed by atoms with E-state index in [2.05, 4.69) is 104 Å². The van der Waals surface area contributed by atoms with E-state index < -0.39 is 6.23 Å². The third kappa shape index (κ3) is 6.39. The maximum Gasteiger partial charge on any atom is 0.199 e. The second kappa shape index (κ2) is 12.4. The number of hydrogen-bond acceptors (Lipinski definition) is 5. The van der Waals surface area contributed by atoms with Crippen molar-refractivity contribution in [1.29, 1.82) is 0 Å². The van der Waals surface area contributed by atoms with Crippen LogP contribution in [0.3, 0.4) is 0 Å². The molecule has 1 saturated heterocycles. The quantitative estimate of drug-likeness (QED) is 0.616. The van der Waals surface area contributed by atoms with Gasteiger partial charge in [-0.05, 0) is 62.9 Å². The third-order valence-corrected chi connectivity index (χ3v) is 7.47. The lowest BCUT2D eigenvalue weighted by molar-refractivity contribution is 0.0522. The van der Waals surface area contributed by atoms with Crippen LogP contribution in [-0.4, -0.2) is 64.2 Å². The average molecular weight is 465 g/mol. The van der Waals surface area contributed by atoms with Crippen LogP contribution in [0.4, 0.5) is 0 Å². The summed E-state index contributed by atoms with van der Waals surface area (Å²) in [6.45, 7) is 13.6. The van der Waals surface area contributed by atoms with Crippen molar-refractivity contribution in [3.8, 4) is 0 Å². The molecule has 5 heteroatoms. The van der Waals surface area contributed by atoms with Crippen LogP contribution in [-0.2, 0) is 19.5 Å². The first-order valence-electron chi connectivity index (χ1n) is 13.0. The summed E-state index contributed by atoms with van der Waals surface area (Å²) in [5.41, 5.74) is 4.21. The molecule has 4 rings (SSSR count). The van der Waals surface area contributed by atoms with Gasteiger partial charge in [-0.1, -0.05) is 75.4 Å². The normalized spacial score (nSPS) is 22.1. The molecule has 1 N–H and O–H groups in total. The van der Waals surface area contributed by atoms with Crippen LogP contribution < -0.4 is 0 Å². The van der Waals surface area contributed by atoms with Crippen molar-refractivity contribution in [3.05, 3.63) is 71.3 Å². The minimum atomic E-state index is -0.395. The Bertz CT molecular complexity index is 915. The highest BCUT2D eigenvalue weighted by Crippen LogP contribution is 2.34. The largest absolute Gasteiger partial charge is 0.374 e. The Kier molecular flexibility index (Phi) is 9.54. The predicted molar refractivity (Wildman–Crippen MR) is 143 cm³/mol. The molecule has 2 aliphatic heterocycles. The van der Waals surface area contributed by atoms with Crippen molar-refractivity contribution in [2.24, 2.45) is 4.99 Å². The molecule has 2 aromatic rings. The van der Waals surface area contributed by atoms with E-state index in [4.69, 9.17) is 4.99 Å². The summed E-state index contributed by atoms with van der Waals surface area (Å²) in [7, 11) is 2.13. The smallest absolute Gasteiger partial charge is 0.199 e. The number of rotatable bonds is 7. The van der Waals surface area contributed by atoms with Gasteiger partial charge in [0.05, 0.1) is 6.54 Å². The molecule has 2 heterocycles. The van der Waals surface area contributed by atoms with Gasteiger partial charge >= 0.3 is 0 Å². The van der Waals surface area contributed by atoms with Crippen molar-refractivity contribution in [1.82, 2.24) is 14.7 Å². The lowest BCUT2D eigenvalue weighted by Crippen LogP contribution is -2.52. The van der Waals surface area contributed by atoms with Gasteiger partial charge in [0, 0.05) is 25.2 Å². The number of hydrogen-bond donors (Lipinski definition) is 1. The summed E-state index contributed by atoms with van der Waals surface area (Å²) in [5, 5.41) is 10.5. The van der Waals surface area contributed by atoms with Gasteiger partial charge in [0.15, 0.2) is 5.96 Å². The van der Waals surface area contributed by atoms with Crippen LogP contribution >= 0.6 is 0 Å². The Balaban J connectivity index is 0.000000248. The van der Waals surface area contributed by atoms with Crippen LogP contribution in [0.2, 0.25) is 0 Å². The fourth-order valence-electron chi connectivity index (χ4n) is 4.81. The lowest BCUT2D eigenvalue weighted by Gasteiger charge is -2.42. The van der Waals surface area contributed by atoms with E-state index in [0.717, 1.165) is 64.4 Å². The SMILES string of the molecule is CCN(C)Cc1ccccc1.CCc1ccccc1CN1C2=NCCN2C(O)CCC1(C)CC. The van der Waals surface area contributed by atoms with Crippen molar-refractivity contribution < 1.29 is 5.11 Å². The number of aryl methyl sites for hydroxylation is 1. The van der Waals surface area contributed by atoms with Crippen molar-refractivity contribution in [2.45, 2.75) is 78.2 Å². The van der Waals surface area contributed by atoms with E-state index in [1.165, 1.54) is 16.7 Å². The van der Waals surface area contributed by atoms with Crippen LogP contribution in [0.25, 0.3) is 0 Å². The Hall–Kier alpha value is -2.37. The van der Waals surface area contributed by atoms with Gasteiger partial charge in [-0.25, -0.2) is 0 Å². The van der Waals surface area contributed by atoms with Gasteiger partial charge in [0.1, 0.15) is 6.23 Å². The van der Waals surface area contributed by atoms with Gasteiger partial charge in [0.25, 0.3) is 0 Å². The minimum absolute atomic E-state index is 0.0414. The van der Waals surface area contributed by atoms with Crippen LogP contribution in [0.1, 0.15) is 63.6 Å². The molecule has 34 heavy (non-hydrogen) atoms. The maximum absolute atomic E-state index is 10.5. The van der Waals surface area contributed by atoms with Gasteiger partial charge < -0.3 is 19.8 Å². The molecule has 2 atom stereocenters. The summed E-state index contributed by atoms with van der Waals surface area (Å²) in [4.78, 5) is 11.6. The molecule has 0 bridgehead atoms. The molecule has 0 radical (unpaired) electrons. The fourth-order valence-corrected chi connectivity index (χ4v) is 4.81. The van der Waals surface area contributed by atoms with Gasteiger partial charge in [-0.3, -0.25) is 4.99 Å². The first-order valence-corrected chi connectivity index (χ1v) is 13.0. The zero-order valence-corrected chi connectivity index (χ0v) is 21.9. The minimum Gasteiger partial charge on any atom is -0.374 e. The Morgan fingerprint density at radius 3 is 2.35 bits per heavy atom. The van der Waals surface area contributed by atoms with Crippen LogP contribution in [0, 0.1) is 0 Å². The zero-order chi connectivity index (χ0) is 24.6. The summed E-state index contributed by atoms with van der Waals surface area (Å²) >= 11 is 0. The van der Waals surface area contributed by atoms with E-state index in [9.17, 15) is 5.11 Å². The molecule has 0 aromatic heterocycles. The number of aliphatic hydroxyl groups excluding tert-OH is 1. The molecule has 2 unspecified atom stereocenters. The molecule has 0 amide bonds. The van der Waals surface area contributed by atoms with Crippen LogP contribution in [0.5, 0.6) is 0 Å². The topological polar surface area (TPSA) is 42.3 Å². The van der Waals surface area contributed by atoms with Gasteiger partial charge in [0.2, 0.25) is 0 Å². The second-order valence-electron chi connectivity index (χ2n) is 9.77. The number of guanidine groups is 1. The Labute approximate surface area is 207 Å². The number of aliphatic imine (C=N–C) groups is 1. The van der Waals surface area contributed by atoms with E-state index in [1.54, 1.807) is 0 Å². The molecule has 0 spiro atoms. The highest BCUT2D eigenvalue weighted by Gasteiger charge is 2.41. The second-order valence-corrected chi connectivity index (χ2v) is 9.77. The molecule has 186 valence electrons. The van der Waals surface area contributed by atoms with E-state index >= 15 is 0 Å². The first-order chi connectivity index (χ1) is 16.4. The van der Waals surface area contributed by atoms with Crippen molar-refractivity contribution in [2.75, 3.05) is 26.7 Å². The lowest BCUT2D eigenvalue weighted by atomic mass is 9.90. The molecule has 2 aromatic carbocycles. The molecule has 5 nitrogen and oxygen atoms in total. The molecular formula is C29H44N4O. The molecular weight excluding hydrogens is 420 g/mol. The predicted octanol–water partition coefficient (Wildman–Crippen LogP) is 5.14. The molecule has 2 aliphatic rings. The highest BCUT2D eigenvalue weighted by atomic mass is 16.3. The molecule has 0 saturated carbocycles. The van der Waals surface area contributed by atoms with E-state index in [-0.39, 0.29) is 5.54 Å². The highest BCUT2D eigenvalue weighted by molar-refractivity contribution is 5.83. The number of fused-ring (bicyclic) bond motifs is 1. The summed E-state index contributed by atoms with van der Waals surface area (Å²) in [6.07, 6.45) is 3.52. The van der Waals surface area contributed by atoms with E-state index in [1.807, 2.05) is 0 Å². The summed E-state index contributed by atoms with van der Waals surface area (Å²) < 4.78 is 0. The number of nitrogens with zero attached hydrogens (tertiary/aromatic N) is 4. The van der Waals surface area contributed by atoms with Gasteiger partial charge in [-0.2, -0.15) is 0 Å². The summed E-state index contributed by atoms with van der Waals surface area (Å²) in [6, 6.07) is 19.2. The zero-order valence-electron chi connectivity index (χ0n) is 21.9. The monoisotopic (exact) mass is 464 g/mol. The van der Waals surface area contributed by atoms with Crippen LogP contribution in [0.15, 0.2) is 59.6 Å². The van der Waals surface area contributed by atoms with Gasteiger partial charge in [-0.15, -0.1) is 0 Å². The molecule has 1 fully saturated rings. The Morgan fingerprint density at radius 2 is 1.71 bits per heavy atom. The molecule has 0 aliphatic carbocycles. The third-order valence-electron chi connectivity index (χ3n) is 7.47. The van der Waals surface area contributed by atoms with Crippen molar-refractivity contribution >= 4 is 5.96 Å². The Morgan fingerprint density at radius 1 is 1.03 bits per heavy atom. The number of benzene rings is 2. The standard InChI is InChI=1S/C19H29N3O.C10H15N/c1-4-15-8-6-7-9-16(15)14-22-18-20-12-13-21(18)17(23)10-11-19(22,3)5-2;1-3-11(2)9-10-7-5-4-6-8-10/h6-9,17,23H,4-5,10-14H2,1-3H3;4-8H,3,9H2,1-2H3. The maximum atomic E-state index is 10.5. The first kappa shape index (κ1) is 26.2. The fraction of sp³-hybridized carbons (Fsp3) is 0.552. The van der Waals surface area contributed by atoms with Crippen molar-refractivity contribution in [3.63, 3.8) is 0 Å².